The normalized spacial score (nSPS) is 10.5. The Labute approximate surface area is 113 Å². The molecular formula is C12H8Cl2O2S. The minimum absolute atomic E-state index is 0.0804. The van der Waals surface area contributed by atoms with Crippen LogP contribution in [0.15, 0.2) is 46.2 Å². The van der Waals surface area contributed by atoms with Crippen LogP contribution in [-0.4, -0.2) is 10.2 Å². The molecule has 17 heavy (non-hydrogen) atoms. The van der Waals surface area contributed by atoms with Crippen LogP contribution in [0.1, 0.15) is 0 Å². The molecule has 0 aliphatic rings. The number of aromatic hydroxyl groups is 2. The van der Waals surface area contributed by atoms with Crippen molar-refractivity contribution in [3.8, 4) is 11.5 Å². The van der Waals surface area contributed by atoms with E-state index in [1.54, 1.807) is 24.3 Å². The van der Waals surface area contributed by atoms with E-state index in [1.807, 2.05) is 0 Å². The molecule has 2 aromatic carbocycles. The maximum Gasteiger partial charge on any atom is 0.130 e. The smallest absolute Gasteiger partial charge is 0.130 e. The van der Waals surface area contributed by atoms with Gasteiger partial charge in [-0.05, 0) is 36.4 Å². The predicted molar refractivity (Wildman–Crippen MR) is 70.4 cm³/mol. The van der Waals surface area contributed by atoms with Gasteiger partial charge in [0.05, 0.1) is 9.79 Å². The van der Waals surface area contributed by atoms with Crippen molar-refractivity contribution in [1.82, 2.24) is 0 Å². The van der Waals surface area contributed by atoms with E-state index >= 15 is 0 Å². The van der Waals surface area contributed by atoms with Crippen molar-refractivity contribution in [2.24, 2.45) is 0 Å². The van der Waals surface area contributed by atoms with Gasteiger partial charge >= 0.3 is 0 Å². The summed E-state index contributed by atoms with van der Waals surface area (Å²) in [5.74, 6) is 0.161. The highest BCUT2D eigenvalue weighted by atomic mass is 35.5. The quantitative estimate of drug-likeness (QED) is 0.851. The maximum atomic E-state index is 9.69. The van der Waals surface area contributed by atoms with Gasteiger partial charge < -0.3 is 10.2 Å². The standard InChI is InChI=1S/C12H8Cl2O2S/c13-7-1-3-11(9(15)5-7)17-12-4-2-8(14)6-10(12)16/h1-6,15-16H. The van der Waals surface area contributed by atoms with Gasteiger partial charge in [-0.2, -0.15) is 0 Å². The average Bonchev–Trinajstić information content (AvgIpc) is 2.25. The third kappa shape index (κ3) is 3.00. The Morgan fingerprint density at radius 3 is 1.53 bits per heavy atom. The highest BCUT2D eigenvalue weighted by Gasteiger charge is 2.08. The van der Waals surface area contributed by atoms with Crippen LogP contribution >= 0.6 is 35.0 Å². The Bertz CT molecular complexity index is 509. The first-order valence-corrected chi connectivity index (χ1v) is 6.28. The van der Waals surface area contributed by atoms with Crippen LogP contribution in [0.25, 0.3) is 0 Å². The first-order chi connectivity index (χ1) is 8.06. The summed E-state index contributed by atoms with van der Waals surface area (Å²) in [4.78, 5) is 1.24. The molecule has 2 nitrogen and oxygen atoms in total. The zero-order chi connectivity index (χ0) is 12.4. The SMILES string of the molecule is Oc1cc(Cl)ccc1Sc1ccc(Cl)cc1O. The molecule has 0 bridgehead atoms. The van der Waals surface area contributed by atoms with Crippen LogP contribution in [0.5, 0.6) is 11.5 Å². The Morgan fingerprint density at radius 2 is 1.18 bits per heavy atom. The zero-order valence-electron chi connectivity index (χ0n) is 8.52. The highest BCUT2D eigenvalue weighted by molar-refractivity contribution is 7.99. The van der Waals surface area contributed by atoms with E-state index in [-0.39, 0.29) is 11.5 Å². The molecular weight excluding hydrogens is 279 g/mol. The van der Waals surface area contributed by atoms with Gasteiger partial charge in [-0.25, -0.2) is 0 Å². The van der Waals surface area contributed by atoms with E-state index in [0.29, 0.717) is 19.8 Å². The first kappa shape index (κ1) is 12.4. The summed E-state index contributed by atoms with van der Waals surface area (Å²) in [5.41, 5.74) is 0. The molecule has 0 unspecified atom stereocenters. The maximum absolute atomic E-state index is 9.69. The monoisotopic (exact) mass is 286 g/mol. The third-order valence-electron chi connectivity index (χ3n) is 2.06. The van der Waals surface area contributed by atoms with Crippen molar-refractivity contribution in [2.75, 3.05) is 0 Å². The molecule has 0 fully saturated rings. The van der Waals surface area contributed by atoms with E-state index in [9.17, 15) is 10.2 Å². The lowest BCUT2D eigenvalue weighted by molar-refractivity contribution is 0.460. The fraction of sp³-hybridized carbons (Fsp3) is 0. The molecule has 2 rings (SSSR count). The van der Waals surface area contributed by atoms with Crippen LogP contribution in [-0.2, 0) is 0 Å². The number of phenolic OH excluding ortho intramolecular Hbond substituents is 2. The number of hydrogen-bond acceptors (Lipinski definition) is 3. The van der Waals surface area contributed by atoms with Gasteiger partial charge in [0, 0.05) is 10.0 Å². The average molecular weight is 287 g/mol. The number of benzene rings is 2. The highest BCUT2D eigenvalue weighted by Crippen LogP contribution is 2.40. The molecule has 0 spiro atoms. The minimum atomic E-state index is 0.0804. The molecule has 0 saturated heterocycles. The second kappa shape index (κ2) is 5.08. The van der Waals surface area contributed by atoms with Gasteiger partial charge in [0.15, 0.2) is 0 Å². The molecule has 2 N–H and O–H groups in total. The zero-order valence-corrected chi connectivity index (χ0v) is 10.9. The Hall–Kier alpha value is -1.03. The topological polar surface area (TPSA) is 40.5 Å². The van der Waals surface area contributed by atoms with Gasteiger partial charge in [0.1, 0.15) is 11.5 Å². The van der Waals surface area contributed by atoms with Crippen molar-refractivity contribution >= 4 is 35.0 Å². The molecule has 0 amide bonds. The summed E-state index contributed by atoms with van der Waals surface area (Å²) < 4.78 is 0. The second-order valence-electron chi connectivity index (χ2n) is 3.33. The first-order valence-electron chi connectivity index (χ1n) is 4.71. The molecule has 2 aromatic rings. The lowest BCUT2D eigenvalue weighted by Crippen LogP contribution is -1.77. The summed E-state index contributed by atoms with van der Waals surface area (Å²) in [6.45, 7) is 0. The molecule has 0 aliphatic heterocycles. The number of phenols is 2. The molecule has 0 radical (unpaired) electrons. The summed E-state index contributed by atoms with van der Waals surface area (Å²) in [6.07, 6.45) is 0. The van der Waals surface area contributed by atoms with E-state index in [1.165, 1.54) is 23.9 Å². The number of hydrogen-bond donors (Lipinski definition) is 2. The predicted octanol–water partition coefficient (Wildman–Crippen LogP) is 4.56. The van der Waals surface area contributed by atoms with E-state index < -0.39 is 0 Å². The van der Waals surface area contributed by atoms with Crippen molar-refractivity contribution in [1.29, 1.82) is 0 Å². The van der Waals surface area contributed by atoms with Gasteiger partial charge in [0.2, 0.25) is 0 Å². The van der Waals surface area contributed by atoms with Crippen LogP contribution < -0.4 is 0 Å². The van der Waals surface area contributed by atoms with Gasteiger partial charge in [-0.15, -0.1) is 0 Å². The summed E-state index contributed by atoms with van der Waals surface area (Å²) in [6, 6.07) is 9.65. The second-order valence-corrected chi connectivity index (χ2v) is 5.28. The molecule has 5 heteroatoms. The van der Waals surface area contributed by atoms with Crippen LogP contribution in [0, 0.1) is 0 Å². The van der Waals surface area contributed by atoms with Crippen molar-refractivity contribution in [2.45, 2.75) is 9.79 Å². The Kier molecular flexibility index (Phi) is 3.72. The van der Waals surface area contributed by atoms with Crippen molar-refractivity contribution in [3.63, 3.8) is 0 Å². The van der Waals surface area contributed by atoms with Gasteiger partial charge in [-0.1, -0.05) is 35.0 Å². The lowest BCUT2D eigenvalue weighted by Gasteiger charge is -2.06. The van der Waals surface area contributed by atoms with Crippen LogP contribution in [0.2, 0.25) is 10.0 Å². The third-order valence-corrected chi connectivity index (χ3v) is 3.66. The number of halogens is 2. The van der Waals surface area contributed by atoms with Crippen molar-refractivity contribution in [3.05, 3.63) is 46.4 Å². The van der Waals surface area contributed by atoms with Crippen LogP contribution in [0.3, 0.4) is 0 Å². The summed E-state index contributed by atoms with van der Waals surface area (Å²) in [7, 11) is 0. The molecule has 0 aliphatic carbocycles. The Balaban J connectivity index is 2.31. The number of rotatable bonds is 2. The lowest BCUT2D eigenvalue weighted by atomic mass is 10.3. The molecule has 0 atom stereocenters. The summed E-state index contributed by atoms with van der Waals surface area (Å²) >= 11 is 12.7. The molecule has 0 aromatic heterocycles. The Morgan fingerprint density at radius 1 is 0.765 bits per heavy atom. The fourth-order valence-electron chi connectivity index (χ4n) is 1.27. The summed E-state index contributed by atoms with van der Waals surface area (Å²) in [5, 5.41) is 20.3. The van der Waals surface area contributed by atoms with Crippen molar-refractivity contribution < 1.29 is 10.2 Å². The van der Waals surface area contributed by atoms with Gasteiger partial charge in [-0.3, -0.25) is 0 Å². The van der Waals surface area contributed by atoms with Crippen LogP contribution in [0.4, 0.5) is 0 Å². The van der Waals surface area contributed by atoms with E-state index in [0.717, 1.165) is 0 Å². The molecule has 88 valence electrons. The van der Waals surface area contributed by atoms with E-state index in [2.05, 4.69) is 0 Å². The molecule has 0 heterocycles. The minimum Gasteiger partial charge on any atom is -0.507 e. The largest absolute Gasteiger partial charge is 0.507 e. The van der Waals surface area contributed by atoms with E-state index in [4.69, 9.17) is 23.2 Å². The fourth-order valence-corrected chi connectivity index (χ4v) is 2.44. The van der Waals surface area contributed by atoms with Gasteiger partial charge in [0.25, 0.3) is 0 Å². The molecule has 0 saturated carbocycles.